The van der Waals surface area contributed by atoms with Crippen LogP contribution >= 0.6 is 0 Å². The van der Waals surface area contributed by atoms with E-state index in [1.165, 1.54) is 0 Å². The fourth-order valence-corrected chi connectivity index (χ4v) is 3.16. The third-order valence-corrected chi connectivity index (χ3v) is 4.56. The molecule has 0 bridgehead atoms. The number of hydrogen-bond donors (Lipinski definition) is 2. The Labute approximate surface area is 124 Å². The van der Waals surface area contributed by atoms with Gasteiger partial charge >= 0.3 is 12.0 Å². The van der Waals surface area contributed by atoms with E-state index in [4.69, 9.17) is 5.11 Å². The van der Waals surface area contributed by atoms with Crippen molar-refractivity contribution in [2.75, 3.05) is 33.2 Å². The van der Waals surface area contributed by atoms with Gasteiger partial charge in [0.05, 0.1) is 11.3 Å². The highest BCUT2D eigenvalue weighted by Crippen LogP contribution is 2.31. The Morgan fingerprint density at radius 1 is 1.24 bits per heavy atom. The van der Waals surface area contributed by atoms with Crippen molar-refractivity contribution >= 4 is 17.9 Å². The third-order valence-electron chi connectivity index (χ3n) is 4.56. The Balaban J connectivity index is 1.98. The highest BCUT2D eigenvalue weighted by Gasteiger charge is 2.43. The van der Waals surface area contributed by atoms with Crippen LogP contribution in [-0.4, -0.2) is 66.0 Å². The highest BCUT2D eigenvalue weighted by atomic mass is 16.4. The van der Waals surface area contributed by atoms with Crippen LogP contribution in [0.4, 0.5) is 4.79 Å². The van der Waals surface area contributed by atoms with Crippen LogP contribution in [0, 0.1) is 11.3 Å². The SMILES string of the molecule is CNC(=O)C1(C)CCN(C(=O)N2CCC[C@@H](C(=O)O)C2)C1. The molecule has 0 saturated carbocycles. The molecule has 3 amide bonds. The minimum Gasteiger partial charge on any atom is -0.481 e. The molecule has 2 aliphatic heterocycles. The van der Waals surface area contributed by atoms with Gasteiger partial charge in [0.1, 0.15) is 0 Å². The molecule has 2 atom stereocenters. The number of nitrogens with one attached hydrogen (secondary N) is 1. The molecule has 0 aromatic carbocycles. The number of carbonyl (C=O) groups excluding carboxylic acids is 2. The molecule has 7 heteroatoms. The Bertz CT molecular complexity index is 454. The first-order valence-electron chi connectivity index (χ1n) is 7.36. The zero-order valence-corrected chi connectivity index (χ0v) is 12.6. The van der Waals surface area contributed by atoms with Gasteiger partial charge in [-0.25, -0.2) is 4.79 Å². The second kappa shape index (κ2) is 5.91. The number of carboxylic acid groups (broad SMARTS) is 1. The van der Waals surface area contributed by atoms with E-state index in [0.29, 0.717) is 38.9 Å². The van der Waals surface area contributed by atoms with Crippen LogP contribution in [0.5, 0.6) is 0 Å². The summed E-state index contributed by atoms with van der Waals surface area (Å²) in [6.45, 7) is 3.64. The number of piperidine rings is 1. The molecule has 0 aromatic rings. The number of aliphatic carboxylic acids is 1. The van der Waals surface area contributed by atoms with E-state index in [-0.39, 0.29) is 18.5 Å². The molecule has 2 aliphatic rings. The molecule has 0 aliphatic carbocycles. The van der Waals surface area contributed by atoms with Crippen molar-refractivity contribution in [2.24, 2.45) is 11.3 Å². The van der Waals surface area contributed by atoms with Gasteiger partial charge in [0.25, 0.3) is 0 Å². The Hall–Kier alpha value is -1.79. The predicted octanol–water partition coefficient (Wildman–Crippen LogP) is 0.361. The van der Waals surface area contributed by atoms with Crippen molar-refractivity contribution in [1.29, 1.82) is 0 Å². The first-order chi connectivity index (χ1) is 9.87. The molecule has 21 heavy (non-hydrogen) atoms. The number of rotatable bonds is 2. The maximum atomic E-state index is 12.5. The maximum Gasteiger partial charge on any atom is 0.320 e. The normalized spacial score (nSPS) is 29.3. The third kappa shape index (κ3) is 3.11. The van der Waals surface area contributed by atoms with Crippen LogP contribution in [0.2, 0.25) is 0 Å². The average Bonchev–Trinajstić information content (AvgIpc) is 2.89. The maximum absolute atomic E-state index is 12.5. The summed E-state index contributed by atoms with van der Waals surface area (Å²) in [6.07, 6.45) is 1.97. The van der Waals surface area contributed by atoms with Crippen LogP contribution in [0.1, 0.15) is 26.2 Å². The van der Waals surface area contributed by atoms with E-state index in [9.17, 15) is 14.4 Å². The van der Waals surface area contributed by atoms with Crippen LogP contribution in [0.15, 0.2) is 0 Å². The molecule has 2 saturated heterocycles. The first kappa shape index (κ1) is 15.6. The van der Waals surface area contributed by atoms with Gasteiger partial charge in [-0.05, 0) is 26.2 Å². The second-order valence-electron chi connectivity index (χ2n) is 6.22. The quantitative estimate of drug-likeness (QED) is 0.770. The van der Waals surface area contributed by atoms with E-state index >= 15 is 0 Å². The number of carboxylic acids is 1. The van der Waals surface area contributed by atoms with E-state index in [1.807, 2.05) is 6.92 Å². The molecule has 7 nitrogen and oxygen atoms in total. The number of amides is 3. The van der Waals surface area contributed by atoms with Crippen molar-refractivity contribution in [3.63, 3.8) is 0 Å². The zero-order chi connectivity index (χ0) is 15.6. The van der Waals surface area contributed by atoms with Crippen molar-refractivity contribution in [1.82, 2.24) is 15.1 Å². The van der Waals surface area contributed by atoms with Gasteiger partial charge in [0, 0.05) is 33.2 Å². The number of urea groups is 1. The number of carbonyl (C=O) groups is 3. The van der Waals surface area contributed by atoms with Gasteiger partial charge in [-0.15, -0.1) is 0 Å². The molecule has 2 fully saturated rings. The molecule has 2 heterocycles. The summed E-state index contributed by atoms with van der Waals surface area (Å²) in [5.74, 6) is -1.38. The smallest absolute Gasteiger partial charge is 0.320 e. The lowest BCUT2D eigenvalue weighted by Crippen LogP contribution is -2.49. The van der Waals surface area contributed by atoms with Gasteiger partial charge in [-0.2, -0.15) is 0 Å². The second-order valence-corrected chi connectivity index (χ2v) is 6.22. The van der Waals surface area contributed by atoms with Crippen molar-refractivity contribution in [2.45, 2.75) is 26.2 Å². The van der Waals surface area contributed by atoms with Crippen LogP contribution in [0.25, 0.3) is 0 Å². The van der Waals surface area contributed by atoms with Crippen molar-refractivity contribution in [3.05, 3.63) is 0 Å². The van der Waals surface area contributed by atoms with Crippen LogP contribution in [0.3, 0.4) is 0 Å². The summed E-state index contributed by atoms with van der Waals surface area (Å²) in [7, 11) is 1.60. The summed E-state index contributed by atoms with van der Waals surface area (Å²) in [6, 6.07) is -0.145. The van der Waals surface area contributed by atoms with E-state index in [0.717, 1.165) is 0 Å². The first-order valence-corrected chi connectivity index (χ1v) is 7.36. The van der Waals surface area contributed by atoms with E-state index < -0.39 is 17.3 Å². The molecular formula is C14H23N3O4. The predicted molar refractivity (Wildman–Crippen MR) is 75.7 cm³/mol. The topological polar surface area (TPSA) is 90.0 Å². The fourth-order valence-electron chi connectivity index (χ4n) is 3.16. The summed E-state index contributed by atoms with van der Waals surface area (Å²) >= 11 is 0. The van der Waals surface area contributed by atoms with Gasteiger partial charge < -0.3 is 20.2 Å². The molecule has 1 unspecified atom stereocenters. The lowest BCUT2D eigenvalue weighted by molar-refractivity contribution is -0.143. The van der Waals surface area contributed by atoms with Crippen molar-refractivity contribution in [3.8, 4) is 0 Å². The minimum absolute atomic E-state index is 0.0557. The minimum atomic E-state index is -0.843. The summed E-state index contributed by atoms with van der Waals surface area (Å²) < 4.78 is 0. The molecule has 2 N–H and O–H groups in total. The highest BCUT2D eigenvalue weighted by molar-refractivity contribution is 5.84. The van der Waals surface area contributed by atoms with E-state index in [1.54, 1.807) is 16.8 Å². The lowest BCUT2D eigenvalue weighted by atomic mass is 9.89. The monoisotopic (exact) mass is 297 g/mol. The summed E-state index contributed by atoms with van der Waals surface area (Å²) in [5.41, 5.74) is -0.549. The number of likely N-dealkylation sites (tertiary alicyclic amines) is 2. The number of nitrogens with zero attached hydrogens (tertiary/aromatic N) is 2. The summed E-state index contributed by atoms with van der Waals surface area (Å²) in [5, 5.41) is 11.7. The standard InChI is InChI=1S/C14H23N3O4/c1-14(12(20)15-2)5-7-17(9-14)13(21)16-6-3-4-10(8-16)11(18)19/h10H,3-9H2,1-2H3,(H,15,20)(H,18,19)/t10-,14?/m1/s1. The van der Waals surface area contributed by atoms with Crippen LogP contribution in [-0.2, 0) is 9.59 Å². The van der Waals surface area contributed by atoms with Crippen molar-refractivity contribution < 1.29 is 19.5 Å². The van der Waals surface area contributed by atoms with Crippen LogP contribution < -0.4 is 5.32 Å². The summed E-state index contributed by atoms with van der Waals surface area (Å²) in [4.78, 5) is 38.7. The average molecular weight is 297 g/mol. The Morgan fingerprint density at radius 3 is 2.57 bits per heavy atom. The van der Waals surface area contributed by atoms with Gasteiger partial charge in [-0.3, -0.25) is 9.59 Å². The Kier molecular flexibility index (Phi) is 4.39. The molecular weight excluding hydrogens is 274 g/mol. The number of hydrogen-bond acceptors (Lipinski definition) is 3. The van der Waals surface area contributed by atoms with Gasteiger partial charge in [0.2, 0.25) is 5.91 Å². The molecule has 0 aromatic heterocycles. The largest absolute Gasteiger partial charge is 0.481 e. The molecule has 118 valence electrons. The van der Waals surface area contributed by atoms with Gasteiger partial charge in [-0.1, -0.05) is 0 Å². The lowest BCUT2D eigenvalue weighted by Gasteiger charge is -2.34. The molecule has 0 radical (unpaired) electrons. The van der Waals surface area contributed by atoms with E-state index in [2.05, 4.69) is 5.32 Å². The Morgan fingerprint density at radius 2 is 1.95 bits per heavy atom. The molecule has 2 rings (SSSR count). The molecule has 0 spiro atoms. The van der Waals surface area contributed by atoms with Gasteiger partial charge in [0.15, 0.2) is 0 Å². The zero-order valence-electron chi connectivity index (χ0n) is 12.6. The fraction of sp³-hybridized carbons (Fsp3) is 0.786.